The zero-order valence-electron chi connectivity index (χ0n) is 14.4. The van der Waals surface area contributed by atoms with Crippen LogP contribution in [0.5, 0.6) is 0 Å². The lowest BCUT2D eigenvalue weighted by Gasteiger charge is -2.44. The van der Waals surface area contributed by atoms with Gasteiger partial charge in [-0.3, -0.25) is 9.59 Å². The fraction of sp³-hybridized carbons (Fsp3) is 0.529. The Morgan fingerprint density at radius 2 is 2.20 bits per heavy atom. The summed E-state index contributed by atoms with van der Waals surface area (Å²) >= 11 is 0. The van der Waals surface area contributed by atoms with Crippen LogP contribution in [0.25, 0.3) is 0 Å². The molecule has 132 valence electrons. The maximum atomic E-state index is 12.6. The number of likely N-dealkylation sites (tertiary alicyclic amines) is 2. The fourth-order valence-electron chi connectivity index (χ4n) is 3.61. The van der Waals surface area contributed by atoms with E-state index >= 15 is 0 Å². The zero-order chi connectivity index (χ0) is 17.6. The number of hydrogen-bond donors (Lipinski definition) is 1. The van der Waals surface area contributed by atoms with Crippen LogP contribution < -0.4 is 0 Å². The van der Waals surface area contributed by atoms with Gasteiger partial charge >= 0.3 is 0 Å². The van der Waals surface area contributed by atoms with Crippen LogP contribution in [0.4, 0.5) is 0 Å². The van der Waals surface area contributed by atoms with Crippen molar-refractivity contribution < 1.29 is 14.1 Å². The van der Waals surface area contributed by atoms with Crippen molar-refractivity contribution in [3.8, 4) is 0 Å². The van der Waals surface area contributed by atoms with Gasteiger partial charge in [0.1, 0.15) is 0 Å². The summed E-state index contributed by atoms with van der Waals surface area (Å²) in [5.74, 6) is 1.19. The Morgan fingerprint density at radius 1 is 1.40 bits per heavy atom. The highest BCUT2D eigenvalue weighted by atomic mass is 16.5. The van der Waals surface area contributed by atoms with E-state index in [1.807, 2.05) is 17.9 Å². The molecule has 2 aliphatic heterocycles. The highest BCUT2D eigenvalue weighted by Crippen LogP contribution is 2.31. The van der Waals surface area contributed by atoms with E-state index in [4.69, 9.17) is 4.52 Å². The third kappa shape index (κ3) is 2.71. The molecule has 2 aromatic rings. The van der Waals surface area contributed by atoms with E-state index in [1.54, 1.807) is 18.0 Å². The number of aromatic amines is 1. The predicted molar refractivity (Wildman–Crippen MR) is 88.0 cm³/mol. The molecule has 0 saturated carbocycles. The van der Waals surface area contributed by atoms with E-state index in [-0.39, 0.29) is 23.8 Å². The molecule has 0 bridgehead atoms. The first-order chi connectivity index (χ1) is 12.1. The number of nitrogens with one attached hydrogen (secondary N) is 1. The van der Waals surface area contributed by atoms with Crippen LogP contribution in [-0.2, 0) is 11.2 Å². The summed E-state index contributed by atoms with van der Waals surface area (Å²) in [6, 6.07) is 1.90. The standard InChI is InChI=1S/C17H21N5O3/c1-3-14-13(4-5-18-14)17(24)21-8-12(9-21)22-7-11(6-15(22)23)16-19-10(2)20-25-16/h4-5,11-12,18H,3,6-9H2,1-2H3. The quantitative estimate of drug-likeness (QED) is 0.897. The number of rotatable bonds is 4. The van der Waals surface area contributed by atoms with E-state index in [2.05, 4.69) is 15.1 Å². The van der Waals surface area contributed by atoms with Gasteiger partial charge in [0.05, 0.1) is 17.5 Å². The van der Waals surface area contributed by atoms with E-state index in [1.165, 1.54) is 0 Å². The van der Waals surface area contributed by atoms with Crippen LogP contribution >= 0.6 is 0 Å². The molecule has 4 heterocycles. The minimum atomic E-state index is -0.0465. The molecule has 4 rings (SSSR count). The molecule has 8 heteroatoms. The number of carbonyl (C=O) groups is 2. The second-order valence-corrected chi connectivity index (χ2v) is 6.71. The Kier molecular flexibility index (Phi) is 3.82. The SMILES string of the molecule is CCc1[nH]ccc1C(=O)N1CC(N2CC(c3nc(C)no3)CC2=O)C1. The zero-order valence-corrected chi connectivity index (χ0v) is 14.4. The van der Waals surface area contributed by atoms with Crippen LogP contribution in [-0.4, -0.2) is 62.4 Å². The summed E-state index contributed by atoms with van der Waals surface area (Å²) in [5.41, 5.74) is 1.69. The van der Waals surface area contributed by atoms with Crippen molar-refractivity contribution in [2.75, 3.05) is 19.6 Å². The second-order valence-electron chi connectivity index (χ2n) is 6.71. The molecule has 1 N–H and O–H groups in total. The van der Waals surface area contributed by atoms with Gasteiger partial charge in [-0.2, -0.15) is 4.98 Å². The van der Waals surface area contributed by atoms with Crippen molar-refractivity contribution in [3.63, 3.8) is 0 Å². The van der Waals surface area contributed by atoms with Crippen LogP contribution in [0.3, 0.4) is 0 Å². The van der Waals surface area contributed by atoms with Crippen LogP contribution in [0.1, 0.15) is 47.0 Å². The van der Waals surface area contributed by atoms with Gasteiger partial charge in [0.15, 0.2) is 5.82 Å². The molecule has 1 atom stereocenters. The number of aromatic nitrogens is 3. The maximum Gasteiger partial charge on any atom is 0.255 e. The van der Waals surface area contributed by atoms with Gasteiger partial charge in [-0.25, -0.2) is 0 Å². The monoisotopic (exact) mass is 343 g/mol. The molecule has 2 amide bonds. The molecular weight excluding hydrogens is 322 g/mol. The van der Waals surface area contributed by atoms with Crippen molar-refractivity contribution in [2.45, 2.75) is 38.6 Å². The van der Waals surface area contributed by atoms with Crippen LogP contribution in [0.15, 0.2) is 16.8 Å². The Balaban J connectivity index is 1.37. The number of nitrogens with zero attached hydrogens (tertiary/aromatic N) is 4. The highest BCUT2D eigenvalue weighted by molar-refractivity contribution is 5.96. The number of aryl methyl sites for hydroxylation is 2. The van der Waals surface area contributed by atoms with Gasteiger partial charge < -0.3 is 19.3 Å². The summed E-state index contributed by atoms with van der Waals surface area (Å²) in [6.45, 7) is 5.52. The Labute approximate surface area is 145 Å². The van der Waals surface area contributed by atoms with E-state index in [9.17, 15) is 9.59 Å². The third-order valence-corrected chi connectivity index (χ3v) is 5.06. The third-order valence-electron chi connectivity index (χ3n) is 5.06. The molecule has 8 nitrogen and oxygen atoms in total. The molecule has 2 fully saturated rings. The first-order valence-electron chi connectivity index (χ1n) is 8.62. The Bertz CT molecular complexity index is 805. The highest BCUT2D eigenvalue weighted by Gasteiger charge is 2.43. The van der Waals surface area contributed by atoms with Crippen molar-refractivity contribution in [1.29, 1.82) is 0 Å². The van der Waals surface area contributed by atoms with Crippen LogP contribution in [0, 0.1) is 6.92 Å². The Morgan fingerprint density at radius 3 is 2.88 bits per heavy atom. The molecule has 0 radical (unpaired) electrons. The Hall–Kier alpha value is -2.64. The smallest absolute Gasteiger partial charge is 0.255 e. The summed E-state index contributed by atoms with van der Waals surface area (Å²) in [7, 11) is 0. The second kappa shape index (κ2) is 6.02. The van der Waals surface area contributed by atoms with Crippen molar-refractivity contribution in [1.82, 2.24) is 24.9 Å². The molecule has 2 aliphatic rings. The predicted octanol–water partition coefficient (Wildman–Crippen LogP) is 1.11. The maximum absolute atomic E-state index is 12.6. The van der Waals surface area contributed by atoms with Crippen molar-refractivity contribution >= 4 is 11.8 Å². The molecule has 1 unspecified atom stereocenters. The lowest BCUT2D eigenvalue weighted by molar-refractivity contribution is -0.132. The van der Waals surface area contributed by atoms with Gasteiger partial charge in [0, 0.05) is 37.9 Å². The minimum Gasteiger partial charge on any atom is -0.364 e. The first kappa shape index (κ1) is 15.9. The van der Waals surface area contributed by atoms with E-state index in [0.717, 1.165) is 17.7 Å². The van der Waals surface area contributed by atoms with Crippen molar-refractivity contribution in [2.24, 2.45) is 0 Å². The lowest BCUT2D eigenvalue weighted by atomic mass is 10.0. The van der Waals surface area contributed by atoms with E-state index < -0.39 is 0 Å². The fourth-order valence-corrected chi connectivity index (χ4v) is 3.61. The van der Waals surface area contributed by atoms with Crippen molar-refractivity contribution in [3.05, 3.63) is 35.2 Å². The topological polar surface area (TPSA) is 95.3 Å². The summed E-state index contributed by atoms with van der Waals surface area (Å²) < 4.78 is 5.20. The number of amides is 2. The van der Waals surface area contributed by atoms with E-state index in [0.29, 0.717) is 37.8 Å². The molecule has 2 saturated heterocycles. The van der Waals surface area contributed by atoms with Gasteiger partial charge in [-0.1, -0.05) is 12.1 Å². The first-order valence-corrected chi connectivity index (χ1v) is 8.62. The van der Waals surface area contributed by atoms with Gasteiger partial charge in [0.2, 0.25) is 11.8 Å². The average molecular weight is 343 g/mol. The van der Waals surface area contributed by atoms with Crippen LogP contribution in [0.2, 0.25) is 0 Å². The van der Waals surface area contributed by atoms with Gasteiger partial charge in [0.25, 0.3) is 5.91 Å². The summed E-state index contributed by atoms with van der Waals surface area (Å²) in [5, 5.41) is 3.80. The molecule has 25 heavy (non-hydrogen) atoms. The van der Waals surface area contributed by atoms with Gasteiger partial charge in [-0.15, -0.1) is 0 Å². The molecule has 2 aromatic heterocycles. The minimum absolute atomic E-state index is 0.0325. The normalized spacial score (nSPS) is 21.0. The summed E-state index contributed by atoms with van der Waals surface area (Å²) in [6.07, 6.45) is 2.98. The number of H-pyrrole nitrogens is 1. The molecule has 0 spiro atoms. The number of carbonyl (C=O) groups excluding carboxylic acids is 2. The molecule has 0 aromatic carbocycles. The van der Waals surface area contributed by atoms with Gasteiger partial charge in [-0.05, 0) is 19.4 Å². The largest absolute Gasteiger partial charge is 0.364 e. The lowest BCUT2D eigenvalue weighted by Crippen LogP contribution is -2.61. The average Bonchev–Trinajstić information content (AvgIpc) is 3.25. The summed E-state index contributed by atoms with van der Waals surface area (Å²) in [4.78, 5) is 35.9. The molecular formula is C17H21N5O3. The number of hydrogen-bond acceptors (Lipinski definition) is 5. The molecule has 0 aliphatic carbocycles.